The lowest BCUT2D eigenvalue weighted by Crippen LogP contribution is -2.34. The molecule has 4 nitrogen and oxygen atoms in total. The van der Waals surface area contributed by atoms with Crippen LogP contribution in [0.5, 0.6) is 0 Å². The zero-order valence-electron chi connectivity index (χ0n) is 8.12. The minimum Gasteiger partial charge on any atom is -0.469 e. The van der Waals surface area contributed by atoms with E-state index in [0.717, 1.165) is 0 Å². The van der Waals surface area contributed by atoms with Gasteiger partial charge in [-0.2, -0.15) is 0 Å². The lowest BCUT2D eigenvalue weighted by Gasteiger charge is -2.25. The third-order valence-electron chi connectivity index (χ3n) is 2.59. The van der Waals surface area contributed by atoms with E-state index in [1.165, 1.54) is 7.11 Å². The minimum atomic E-state index is -0.638. The highest BCUT2D eigenvalue weighted by molar-refractivity contribution is 5.79. The van der Waals surface area contributed by atoms with E-state index < -0.39 is 5.41 Å². The van der Waals surface area contributed by atoms with Gasteiger partial charge in [0.1, 0.15) is 0 Å². The van der Waals surface area contributed by atoms with Gasteiger partial charge in [0.2, 0.25) is 0 Å². The Balaban J connectivity index is 2.69. The van der Waals surface area contributed by atoms with Crippen LogP contribution in [0.2, 0.25) is 0 Å². The molecule has 1 aliphatic heterocycles. The Morgan fingerprint density at radius 2 is 2.23 bits per heavy atom. The summed E-state index contributed by atoms with van der Waals surface area (Å²) in [6.07, 6.45) is 0.308. The zero-order valence-corrected chi connectivity index (χ0v) is 8.12. The maximum Gasteiger partial charge on any atom is 0.311 e. The van der Waals surface area contributed by atoms with E-state index in [4.69, 9.17) is 4.74 Å². The lowest BCUT2D eigenvalue weighted by molar-refractivity contribution is -0.154. The summed E-state index contributed by atoms with van der Waals surface area (Å²) >= 11 is 0. The maximum absolute atomic E-state index is 11.3. The standard InChI is InChI=1S/C9H14O4/c1-9(2,8(11)12-3)6-4-7(10)13-5-6/h6H,4-5H2,1-3H3. The van der Waals surface area contributed by atoms with Gasteiger partial charge in [-0.15, -0.1) is 0 Å². The molecule has 0 aromatic heterocycles. The summed E-state index contributed by atoms with van der Waals surface area (Å²) in [5, 5.41) is 0. The third kappa shape index (κ3) is 1.82. The van der Waals surface area contributed by atoms with Crippen molar-refractivity contribution >= 4 is 11.9 Å². The fourth-order valence-electron chi connectivity index (χ4n) is 1.41. The van der Waals surface area contributed by atoms with Crippen LogP contribution in [-0.2, 0) is 19.1 Å². The lowest BCUT2D eigenvalue weighted by atomic mass is 9.78. The summed E-state index contributed by atoms with van der Waals surface area (Å²) in [5.74, 6) is -0.592. The van der Waals surface area contributed by atoms with Crippen molar-refractivity contribution in [2.45, 2.75) is 20.3 Å². The number of rotatable bonds is 2. The molecule has 4 heteroatoms. The number of hydrogen-bond donors (Lipinski definition) is 0. The van der Waals surface area contributed by atoms with Crippen LogP contribution in [0.3, 0.4) is 0 Å². The molecule has 1 aliphatic rings. The Labute approximate surface area is 77.2 Å². The Kier molecular flexibility index (Phi) is 2.59. The van der Waals surface area contributed by atoms with Gasteiger partial charge in [0.15, 0.2) is 0 Å². The SMILES string of the molecule is COC(=O)C(C)(C)C1COC(=O)C1. The van der Waals surface area contributed by atoms with Crippen molar-refractivity contribution in [1.29, 1.82) is 0 Å². The Morgan fingerprint density at radius 3 is 2.62 bits per heavy atom. The fraction of sp³-hybridized carbons (Fsp3) is 0.778. The van der Waals surface area contributed by atoms with E-state index in [1.54, 1.807) is 13.8 Å². The average molecular weight is 186 g/mol. The monoisotopic (exact) mass is 186 g/mol. The molecule has 1 saturated heterocycles. The molecule has 0 aromatic carbocycles. The second-order valence-electron chi connectivity index (χ2n) is 3.80. The molecule has 1 rings (SSSR count). The van der Waals surface area contributed by atoms with Gasteiger partial charge in [-0.1, -0.05) is 0 Å². The van der Waals surface area contributed by atoms with Crippen LogP contribution < -0.4 is 0 Å². The van der Waals surface area contributed by atoms with Gasteiger partial charge < -0.3 is 9.47 Å². The third-order valence-corrected chi connectivity index (χ3v) is 2.59. The number of methoxy groups -OCH3 is 1. The second kappa shape index (κ2) is 3.36. The molecule has 0 saturated carbocycles. The van der Waals surface area contributed by atoms with Gasteiger partial charge in [-0.3, -0.25) is 9.59 Å². The van der Waals surface area contributed by atoms with Crippen molar-refractivity contribution in [3.8, 4) is 0 Å². The molecule has 0 spiro atoms. The molecule has 0 aromatic rings. The normalized spacial score (nSPS) is 22.7. The molecule has 0 amide bonds. The van der Waals surface area contributed by atoms with E-state index >= 15 is 0 Å². The highest BCUT2D eigenvalue weighted by Gasteiger charge is 2.42. The zero-order chi connectivity index (χ0) is 10.1. The summed E-state index contributed by atoms with van der Waals surface area (Å²) in [7, 11) is 1.35. The van der Waals surface area contributed by atoms with Crippen molar-refractivity contribution in [3.05, 3.63) is 0 Å². The average Bonchev–Trinajstić information content (AvgIpc) is 2.50. The quantitative estimate of drug-likeness (QED) is 0.597. The summed E-state index contributed by atoms with van der Waals surface area (Å²) in [5.41, 5.74) is -0.638. The molecule has 1 fully saturated rings. The smallest absolute Gasteiger partial charge is 0.311 e. The van der Waals surface area contributed by atoms with Crippen LogP contribution in [0.4, 0.5) is 0 Å². The van der Waals surface area contributed by atoms with Gasteiger partial charge in [-0.25, -0.2) is 0 Å². The summed E-state index contributed by atoms with van der Waals surface area (Å²) < 4.78 is 9.46. The number of hydrogen-bond acceptors (Lipinski definition) is 4. The number of ether oxygens (including phenoxy) is 2. The number of esters is 2. The predicted octanol–water partition coefficient (Wildman–Crippen LogP) is 0.749. The molecule has 74 valence electrons. The fourth-order valence-corrected chi connectivity index (χ4v) is 1.41. The van der Waals surface area contributed by atoms with Crippen molar-refractivity contribution in [2.24, 2.45) is 11.3 Å². The molecule has 1 atom stereocenters. The number of carbonyl (C=O) groups excluding carboxylic acids is 2. The van der Waals surface area contributed by atoms with E-state index in [2.05, 4.69) is 4.74 Å². The molecule has 0 bridgehead atoms. The van der Waals surface area contributed by atoms with Crippen LogP contribution in [0, 0.1) is 11.3 Å². The molecule has 0 N–H and O–H groups in total. The van der Waals surface area contributed by atoms with Gasteiger partial charge in [0, 0.05) is 5.92 Å². The van der Waals surface area contributed by atoms with Crippen LogP contribution in [0.1, 0.15) is 20.3 Å². The molecule has 1 heterocycles. The molecule has 1 unspecified atom stereocenters. The van der Waals surface area contributed by atoms with E-state index in [0.29, 0.717) is 13.0 Å². The first-order valence-electron chi connectivity index (χ1n) is 4.22. The molecule has 13 heavy (non-hydrogen) atoms. The Hall–Kier alpha value is -1.06. The molecular weight excluding hydrogens is 172 g/mol. The number of cyclic esters (lactones) is 1. The first-order valence-corrected chi connectivity index (χ1v) is 4.22. The van der Waals surface area contributed by atoms with Crippen LogP contribution in [0.15, 0.2) is 0 Å². The summed E-state index contributed by atoms with van der Waals surface area (Å²) in [6, 6.07) is 0. The molecule has 0 radical (unpaired) electrons. The first-order chi connectivity index (χ1) is 5.98. The summed E-state index contributed by atoms with van der Waals surface area (Å²) in [4.78, 5) is 22.2. The van der Waals surface area contributed by atoms with Gasteiger partial charge in [-0.05, 0) is 13.8 Å². The van der Waals surface area contributed by atoms with Crippen molar-refractivity contribution in [3.63, 3.8) is 0 Å². The topological polar surface area (TPSA) is 52.6 Å². The van der Waals surface area contributed by atoms with E-state index in [-0.39, 0.29) is 17.9 Å². The Bertz CT molecular complexity index is 232. The van der Waals surface area contributed by atoms with E-state index in [9.17, 15) is 9.59 Å². The van der Waals surface area contributed by atoms with Crippen molar-refractivity contribution < 1.29 is 19.1 Å². The highest BCUT2D eigenvalue weighted by atomic mass is 16.5. The van der Waals surface area contributed by atoms with Crippen molar-refractivity contribution in [2.75, 3.05) is 13.7 Å². The van der Waals surface area contributed by atoms with Crippen LogP contribution >= 0.6 is 0 Å². The van der Waals surface area contributed by atoms with Gasteiger partial charge in [0.05, 0.1) is 25.6 Å². The highest BCUT2D eigenvalue weighted by Crippen LogP contribution is 2.34. The number of carbonyl (C=O) groups is 2. The van der Waals surface area contributed by atoms with Crippen LogP contribution in [0.25, 0.3) is 0 Å². The Morgan fingerprint density at radius 1 is 1.62 bits per heavy atom. The first kappa shape index (κ1) is 10.0. The van der Waals surface area contributed by atoms with Crippen molar-refractivity contribution in [1.82, 2.24) is 0 Å². The molecular formula is C9H14O4. The summed E-state index contributed by atoms with van der Waals surface area (Å²) in [6.45, 7) is 3.86. The maximum atomic E-state index is 11.3. The van der Waals surface area contributed by atoms with E-state index in [1.807, 2.05) is 0 Å². The van der Waals surface area contributed by atoms with Gasteiger partial charge in [0.25, 0.3) is 0 Å². The predicted molar refractivity (Wildman–Crippen MR) is 44.9 cm³/mol. The second-order valence-corrected chi connectivity index (χ2v) is 3.80. The largest absolute Gasteiger partial charge is 0.469 e. The minimum absolute atomic E-state index is 0.0625. The molecule has 0 aliphatic carbocycles. The van der Waals surface area contributed by atoms with Gasteiger partial charge >= 0.3 is 11.9 Å². The van der Waals surface area contributed by atoms with Crippen LogP contribution in [-0.4, -0.2) is 25.7 Å².